The third-order valence-corrected chi connectivity index (χ3v) is 4.19. The van der Waals surface area contributed by atoms with Crippen molar-refractivity contribution in [2.24, 2.45) is 5.92 Å². The normalized spacial score (nSPS) is 22.7. The molecule has 24 heavy (non-hydrogen) atoms. The maximum absolute atomic E-state index is 14.3. The summed E-state index contributed by atoms with van der Waals surface area (Å²) in [6.07, 6.45) is -16.1. The Morgan fingerprint density at radius 1 is 1.04 bits per heavy atom. The lowest BCUT2D eigenvalue weighted by Gasteiger charge is -2.23. The van der Waals surface area contributed by atoms with Gasteiger partial charge in [0.15, 0.2) is 11.9 Å². The molecule has 1 aliphatic carbocycles. The van der Waals surface area contributed by atoms with Gasteiger partial charge in [-0.25, -0.2) is 4.39 Å². The highest BCUT2D eigenvalue weighted by Gasteiger charge is 2.55. The summed E-state index contributed by atoms with van der Waals surface area (Å²) in [5, 5.41) is 19.2. The average Bonchev–Trinajstić information content (AvgIpc) is 2.65. The molecule has 0 saturated carbocycles. The number of hydrogen-bond acceptors (Lipinski definition) is 3. The summed E-state index contributed by atoms with van der Waals surface area (Å²) in [5.41, 5.74) is -4.69. The second kappa shape index (κ2) is 5.41. The molecule has 1 aromatic carbocycles. The van der Waals surface area contributed by atoms with Crippen LogP contribution in [0.3, 0.4) is 0 Å². The van der Waals surface area contributed by atoms with Crippen molar-refractivity contribution in [2.75, 3.05) is 0 Å². The smallest absolute Gasteiger partial charge is 0.387 e. The topological polar surface area (TPSA) is 57.5 Å². The van der Waals surface area contributed by atoms with Crippen molar-refractivity contribution in [2.45, 2.75) is 38.4 Å². The number of aliphatic hydroxyl groups is 2. The minimum Gasteiger partial charge on any atom is -0.387 e. The summed E-state index contributed by atoms with van der Waals surface area (Å²) in [6, 6.07) is 0. The molecule has 10 heteroatoms. The molecule has 0 saturated heterocycles. The third-order valence-electron chi connectivity index (χ3n) is 4.19. The minimum absolute atomic E-state index is 0.351. The van der Waals surface area contributed by atoms with Gasteiger partial charge in [0.25, 0.3) is 0 Å². The molecule has 0 heterocycles. The average molecular weight is 360 g/mol. The molecule has 0 amide bonds. The van der Waals surface area contributed by atoms with Crippen LogP contribution in [0.1, 0.15) is 38.7 Å². The molecule has 134 valence electrons. The van der Waals surface area contributed by atoms with Gasteiger partial charge in [-0.2, -0.15) is 26.3 Å². The molecule has 1 aromatic rings. The number of Topliss-reactive ketones (excluding diaryl/α,β-unsaturated/α-hetero) is 1. The standard InChI is InChI=1S/C14H11F7O3/c1-3-4(2)8(13(16,17)18)9(15)6-5(3)10(22)7(11(6)23)12(24)14(19,20)21/h7,10,12,22,24H,1-2H3. The predicted octanol–water partition coefficient (Wildman–Crippen LogP) is 3.23. The fraction of sp³-hybridized carbons (Fsp3) is 0.500. The van der Waals surface area contributed by atoms with E-state index in [2.05, 4.69) is 0 Å². The molecule has 2 rings (SSSR count). The van der Waals surface area contributed by atoms with Crippen molar-refractivity contribution in [1.82, 2.24) is 0 Å². The fourth-order valence-corrected chi connectivity index (χ4v) is 2.94. The molecule has 3 nitrogen and oxygen atoms in total. The second-order valence-electron chi connectivity index (χ2n) is 5.55. The molecule has 0 radical (unpaired) electrons. The quantitative estimate of drug-likeness (QED) is 0.756. The summed E-state index contributed by atoms with van der Waals surface area (Å²) < 4.78 is 91.1. The van der Waals surface area contributed by atoms with Gasteiger partial charge < -0.3 is 10.2 Å². The highest BCUT2D eigenvalue weighted by molar-refractivity contribution is 6.04. The van der Waals surface area contributed by atoms with Crippen molar-refractivity contribution in [3.63, 3.8) is 0 Å². The SMILES string of the molecule is Cc1c(C)c(C(F)(F)F)c(F)c2c1C(O)C(C(O)C(F)(F)F)C2=O. The van der Waals surface area contributed by atoms with Crippen LogP contribution in [-0.2, 0) is 6.18 Å². The minimum atomic E-state index is -5.31. The van der Waals surface area contributed by atoms with Gasteiger partial charge >= 0.3 is 12.4 Å². The maximum Gasteiger partial charge on any atom is 0.419 e. The van der Waals surface area contributed by atoms with Crippen LogP contribution in [0.15, 0.2) is 0 Å². The second-order valence-corrected chi connectivity index (χ2v) is 5.55. The van der Waals surface area contributed by atoms with E-state index in [9.17, 15) is 45.7 Å². The molecule has 0 aliphatic heterocycles. The Morgan fingerprint density at radius 2 is 1.54 bits per heavy atom. The van der Waals surface area contributed by atoms with Crippen LogP contribution in [0, 0.1) is 25.6 Å². The van der Waals surface area contributed by atoms with Crippen molar-refractivity contribution >= 4 is 5.78 Å². The first kappa shape index (κ1) is 18.7. The van der Waals surface area contributed by atoms with E-state index in [0.717, 1.165) is 13.8 Å². The van der Waals surface area contributed by atoms with Gasteiger partial charge in [0, 0.05) is 0 Å². The van der Waals surface area contributed by atoms with Gasteiger partial charge in [-0.05, 0) is 30.5 Å². The number of carbonyl (C=O) groups excluding carboxylic acids is 1. The number of aliphatic hydroxyl groups excluding tert-OH is 2. The molecule has 2 N–H and O–H groups in total. The van der Waals surface area contributed by atoms with Gasteiger partial charge in [0.1, 0.15) is 5.82 Å². The summed E-state index contributed by atoms with van der Waals surface area (Å²) in [5.74, 6) is -6.27. The number of rotatable bonds is 1. The number of ketones is 1. The number of halogens is 7. The monoisotopic (exact) mass is 360 g/mol. The first-order valence-electron chi connectivity index (χ1n) is 6.58. The molecule has 1 aliphatic rings. The molecule has 0 aromatic heterocycles. The highest BCUT2D eigenvalue weighted by atomic mass is 19.4. The Balaban J connectivity index is 2.75. The molecule has 0 fully saturated rings. The first-order chi connectivity index (χ1) is 10.7. The zero-order valence-electron chi connectivity index (χ0n) is 12.2. The van der Waals surface area contributed by atoms with Crippen LogP contribution in [0.25, 0.3) is 0 Å². The van der Waals surface area contributed by atoms with E-state index in [1.165, 1.54) is 0 Å². The van der Waals surface area contributed by atoms with Crippen LogP contribution in [0.5, 0.6) is 0 Å². The highest BCUT2D eigenvalue weighted by Crippen LogP contribution is 2.48. The number of alkyl halides is 6. The third kappa shape index (κ3) is 2.57. The van der Waals surface area contributed by atoms with Gasteiger partial charge in [-0.15, -0.1) is 0 Å². The molecule has 0 spiro atoms. The maximum atomic E-state index is 14.3. The van der Waals surface area contributed by atoms with Crippen LogP contribution in [0.2, 0.25) is 0 Å². The van der Waals surface area contributed by atoms with Gasteiger partial charge in [0.05, 0.1) is 23.1 Å². The van der Waals surface area contributed by atoms with E-state index in [-0.39, 0.29) is 5.56 Å². The Bertz CT molecular complexity index is 706. The Hall–Kier alpha value is -1.68. The number of hydrogen-bond donors (Lipinski definition) is 2. The number of benzene rings is 1. The van der Waals surface area contributed by atoms with E-state index in [0.29, 0.717) is 0 Å². The molecular weight excluding hydrogens is 349 g/mol. The van der Waals surface area contributed by atoms with Crippen LogP contribution in [0.4, 0.5) is 30.7 Å². The van der Waals surface area contributed by atoms with E-state index < -0.39 is 64.3 Å². The van der Waals surface area contributed by atoms with Crippen molar-refractivity contribution in [3.8, 4) is 0 Å². The Labute approximate surface area is 130 Å². The lowest BCUT2D eigenvalue weighted by atomic mass is 9.92. The summed E-state index contributed by atoms with van der Waals surface area (Å²) in [6.45, 7) is 1.91. The van der Waals surface area contributed by atoms with Crippen molar-refractivity contribution in [3.05, 3.63) is 33.6 Å². The lowest BCUT2D eigenvalue weighted by molar-refractivity contribution is -0.221. The number of carbonyl (C=O) groups is 1. The summed E-state index contributed by atoms with van der Waals surface area (Å²) in [4.78, 5) is 12.0. The van der Waals surface area contributed by atoms with Crippen molar-refractivity contribution in [1.29, 1.82) is 0 Å². The first-order valence-corrected chi connectivity index (χ1v) is 6.58. The van der Waals surface area contributed by atoms with E-state index in [1.807, 2.05) is 0 Å². The van der Waals surface area contributed by atoms with Crippen LogP contribution < -0.4 is 0 Å². The Kier molecular flexibility index (Phi) is 4.21. The van der Waals surface area contributed by atoms with Crippen LogP contribution >= 0.6 is 0 Å². The van der Waals surface area contributed by atoms with E-state index in [4.69, 9.17) is 0 Å². The van der Waals surface area contributed by atoms with E-state index >= 15 is 0 Å². The summed E-state index contributed by atoms with van der Waals surface area (Å²) >= 11 is 0. The molecule has 0 bridgehead atoms. The zero-order valence-corrected chi connectivity index (χ0v) is 12.2. The fourth-order valence-electron chi connectivity index (χ4n) is 2.94. The molecule has 3 unspecified atom stereocenters. The lowest BCUT2D eigenvalue weighted by Crippen LogP contribution is -2.40. The van der Waals surface area contributed by atoms with Gasteiger partial charge in [-0.1, -0.05) is 0 Å². The Morgan fingerprint density at radius 3 is 1.96 bits per heavy atom. The zero-order chi connectivity index (χ0) is 18.8. The largest absolute Gasteiger partial charge is 0.419 e. The van der Waals surface area contributed by atoms with Crippen LogP contribution in [-0.4, -0.2) is 28.3 Å². The van der Waals surface area contributed by atoms with Gasteiger partial charge in [-0.3, -0.25) is 4.79 Å². The summed E-state index contributed by atoms with van der Waals surface area (Å²) in [7, 11) is 0. The van der Waals surface area contributed by atoms with Crippen molar-refractivity contribution < 1.29 is 45.7 Å². The number of fused-ring (bicyclic) bond motifs is 1. The molecule has 3 atom stereocenters. The van der Waals surface area contributed by atoms with Gasteiger partial charge in [0.2, 0.25) is 0 Å². The molecular formula is C14H11F7O3. The van der Waals surface area contributed by atoms with E-state index in [1.54, 1.807) is 0 Å². The predicted molar refractivity (Wildman–Crippen MR) is 65.7 cm³/mol.